The van der Waals surface area contributed by atoms with Crippen LogP contribution in [0, 0.1) is 0 Å². The lowest BCUT2D eigenvalue weighted by Gasteiger charge is -2.16. The topological polar surface area (TPSA) is 64.6 Å². The van der Waals surface area contributed by atoms with Crippen molar-refractivity contribution in [3.05, 3.63) is 54.1 Å². The van der Waals surface area contributed by atoms with Gasteiger partial charge in [0.15, 0.2) is 0 Å². The van der Waals surface area contributed by atoms with E-state index in [9.17, 15) is 8.42 Å². The largest absolute Gasteiger partial charge is 0.497 e. The summed E-state index contributed by atoms with van der Waals surface area (Å²) < 4.78 is 38.0. The molecule has 22 heavy (non-hydrogen) atoms. The fraction of sp³-hybridized carbons (Fsp3) is 0.250. The van der Waals surface area contributed by atoms with E-state index >= 15 is 0 Å². The van der Waals surface area contributed by atoms with Crippen LogP contribution in [0.15, 0.2) is 53.4 Å². The summed E-state index contributed by atoms with van der Waals surface area (Å²) in [5.74, 6) is 0.777. The standard InChI is InChI=1S/C16H19NO4S/c1-12(13-7-5-4-6-8-13)17-22(18,19)16-10-9-14(20-2)11-15(16)21-3/h4-12,17H,1-3H3/t12-/m1/s1. The monoisotopic (exact) mass is 321 g/mol. The van der Waals surface area contributed by atoms with Gasteiger partial charge in [-0.05, 0) is 24.6 Å². The molecule has 2 aromatic carbocycles. The summed E-state index contributed by atoms with van der Waals surface area (Å²) in [7, 11) is -0.768. The Balaban J connectivity index is 2.31. The molecule has 0 spiro atoms. The number of nitrogens with one attached hydrogen (secondary N) is 1. The molecule has 0 fully saturated rings. The second-order valence-corrected chi connectivity index (χ2v) is 6.45. The first-order valence-corrected chi connectivity index (χ1v) is 8.25. The lowest BCUT2D eigenvalue weighted by atomic mass is 10.1. The van der Waals surface area contributed by atoms with Crippen molar-refractivity contribution >= 4 is 10.0 Å². The van der Waals surface area contributed by atoms with E-state index in [0.29, 0.717) is 5.75 Å². The zero-order valence-electron chi connectivity index (χ0n) is 12.7. The third kappa shape index (κ3) is 3.58. The predicted molar refractivity (Wildman–Crippen MR) is 84.7 cm³/mol. The van der Waals surface area contributed by atoms with Crippen LogP contribution >= 0.6 is 0 Å². The van der Waals surface area contributed by atoms with Crippen molar-refractivity contribution in [2.75, 3.05) is 14.2 Å². The van der Waals surface area contributed by atoms with E-state index in [4.69, 9.17) is 9.47 Å². The highest BCUT2D eigenvalue weighted by Crippen LogP contribution is 2.29. The molecular formula is C16H19NO4S. The molecule has 118 valence electrons. The Bertz CT molecular complexity index is 729. The molecule has 0 saturated carbocycles. The van der Waals surface area contributed by atoms with E-state index in [1.165, 1.54) is 20.3 Å². The molecule has 0 aromatic heterocycles. The molecule has 1 N–H and O–H groups in total. The van der Waals surface area contributed by atoms with Gasteiger partial charge in [-0.1, -0.05) is 30.3 Å². The van der Waals surface area contributed by atoms with E-state index in [1.807, 2.05) is 30.3 Å². The van der Waals surface area contributed by atoms with Gasteiger partial charge in [-0.25, -0.2) is 13.1 Å². The van der Waals surface area contributed by atoms with Crippen molar-refractivity contribution < 1.29 is 17.9 Å². The fourth-order valence-electron chi connectivity index (χ4n) is 2.10. The highest BCUT2D eigenvalue weighted by molar-refractivity contribution is 7.89. The van der Waals surface area contributed by atoms with Gasteiger partial charge in [0.2, 0.25) is 10.0 Å². The lowest BCUT2D eigenvalue weighted by Crippen LogP contribution is -2.27. The summed E-state index contributed by atoms with van der Waals surface area (Å²) in [6.07, 6.45) is 0. The summed E-state index contributed by atoms with van der Waals surface area (Å²) in [5, 5.41) is 0. The van der Waals surface area contributed by atoms with E-state index in [0.717, 1.165) is 5.56 Å². The first-order chi connectivity index (χ1) is 10.5. The number of methoxy groups -OCH3 is 2. The molecule has 2 rings (SSSR count). The molecule has 0 heterocycles. The number of benzene rings is 2. The minimum absolute atomic E-state index is 0.0820. The molecule has 5 nitrogen and oxygen atoms in total. The SMILES string of the molecule is COc1ccc(S(=O)(=O)N[C@H](C)c2ccccc2)c(OC)c1. The van der Waals surface area contributed by atoms with Gasteiger partial charge in [-0.3, -0.25) is 0 Å². The Kier molecular flexibility index (Phi) is 5.05. The molecule has 0 bridgehead atoms. The third-order valence-electron chi connectivity index (χ3n) is 3.29. The zero-order chi connectivity index (χ0) is 16.2. The summed E-state index contributed by atoms with van der Waals surface area (Å²) >= 11 is 0. The lowest BCUT2D eigenvalue weighted by molar-refractivity contribution is 0.385. The van der Waals surface area contributed by atoms with Gasteiger partial charge in [-0.15, -0.1) is 0 Å². The molecule has 0 aliphatic rings. The van der Waals surface area contributed by atoms with Gasteiger partial charge in [0, 0.05) is 12.1 Å². The van der Waals surface area contributed by atoms with Crippen LogP contribution in [0.1, 0.15) is 18.5 Å². The van der Waals surface area contributed by atoms with Gasteiger partial charge in [0.25, 0.3) is 0 Å². The van der Waals surface area contributed by atoms with Gasteiger partial charge in [0.05, 0.1) is 14.2 Å². The summed E-state index contributed by atoms with van der Waals surface area (Å²) in [6, 6.07) is 13.6. The summed E-state index contributed by atoms with van der Waals surface area (Å²) in [6.45, 7) is 1.79. The maximum atomic E-state index is 12.6. The second-order valence-electron chi connectivity index (χ2n) is 4.77. The van der Waals surface area contributed by atoms with E-state index in [1.54, 1.807) is 19.1 Å². The molecule has 0 radical (unpaired) electrons. The minimum atomic E-state index is -3.71. The normalized spacial score (nSPS) is 12.7. The number of hydrogen-bond donors (Lipinski definition) is 1. The molecule has 1 atom stereocenters. The Morgan fingerprint density at radius 3 is 2.27 bits per heavy atom. The number of rotatable bonds is 6. The van der Waals surface area contributed by atoms with Gasteiger partial charge >= 0.3 is 0 Å². The van der Waals surface area contributed by atoms with Crippen LogP contribution in [0.3, 0.4) is 0 Å². The molecule has 0 aliphatic heterocycles. The van der Waals surface area contributed by atoms with Crippen molar-refractivity contribution in [3.63, 3.8) is 0 Å². The van der Waals surface area contributed by atoms with Crippen molar-refractivity contribution in [2.45, 2.75) is 17.9 Å². The molecule has 6 heteroatoms. The van der Waals surface area contributed by atoms with Crippen molar-refractivity contribution in [2.24, 2.45) is 0 Å². The zero-order valence-corrected chi connectivity index (χ0v) is 13.6. The van der Waals surface area contributed by atoms with E-state index in [-0.39, 0.29) is 16.7 Å². The maximum Gasteiger partial charge on any atom is 0.244 e. The minimum Gasteiger partial charge on any atom is -0.497 e. The first-order valence-electron chi connectivity index (χ1n) is 6.77. The molecule has 0 amide bonds. The number of hydrogen-bond acceptors (Lipinski definition) is 4. The van der Waals surface area contributed by atoms with Crippen LogP contribution in [0.4, 0.5) is 0 Å². The Morgan fingerprint density at radius 1 is 1.00 bits per heavy atom. The molecule has 0 saturated heterocycles. The van der Waals surface area contributed by atoms with Gasteiger partial charge < -0.3 is 9.47 Å². The highest BCUT2D eigenvalue weighted by atomic mass is 32.2. The molecule has 0 unspecified atom stereocenters. The first kappa shape index (κ1) is 16.3. The average Bonchev–Trinajstić information content (AvgIpc) is 2.54. The summed E-state index contributed by atoms with van der Waals surface area (Å²) in [4.78, 5) is 0.0820. The number of sulfonamides is 1. The van der Waals surface area contributed by atoms with Crippen LogP contribution in [-0.4, -0.2) is 22.6 Å². The Hall–Kier alpha value is -2.05. The summed E-state index contributed by atoms with van der Waals surface area (Å²) in [5.41, 5.74) is 0.888. The second kappa shape index (κ2) is 6.81. The fourth-order valence-corrected chi connectivity index (χ4v) is 3.49. The molecule has 0 aliphatic carbocycles. The average molecular weight is 321 g/mol. The quantitative estimate of drug-likeness (QED) is 0.888. The van der Waals surface area contributed by atoms with Crippen LogP contribution in [0.25, 0.3) is 0 Å². The van der Waals surface area contributed by atoms with Crippen molar-refractivity contribution in [1.82, 2.24) is 4.72 Å². The molecule has 2 aromatic rings. The van der Waals surface area contributed by atoms with Crippen LogP contribution in [0.2, 0.25) is 0 Å². The smallest absolute Gasteiger partial charge is 0.244 e. The Morgan fingerprint density at radius 2 is 1.68 bits per heavy atom. The third-order valence-corrected chi connectivity index (χ3v) is 4.87. The van der Waals surface area contributed by atoms with Gasteiger partial charge in [-0.2, -0.15) is 0 Å². The van der Waals surface area contributed by atoms with E-state index in [2.05, 4.69) is 4.72 Å². The van der Waals surface area contributed by atoms with Crippen molar-refractivity contribution in [1.29, 1.82) is 0 Å². The van der Waals surface area contributed by atoms with Crippen LogP contribution in [-0.2, 0) is 10.0 Å². The van der Waals surface area contributed by atoms with Crippen molar-refractivity contribution in [3.8, 4) is 11.5 Å². The predicted octanol–water partition coefficient (Wildman–Crippen LogP) is 2.74. The number of ether oxygens (including phenoxy) is 2. The molecular weight excluding hydrogens is 302 g/mol. The highest BCUT2D eigenvalue weighted by Gasteiger charge is 2.22. The van der Waals surface area contributed by atoms with Crippen LogP contribution < -0.4 is 14.2 Å². The van der Waals surface area contributed by atoms with Gasteiger partial charge in [0.1, 0.15) is 16.4 Å². The van der Waals surface area contributed by atoms with E-state index < -0.39 is 10.0 Å². The maximum absolute atomic E-state index is 12.6. The Labute approximate surface area is 130 Å². The van der Waals surface area contributed by atoms with Crippen LogP contribution in [0.5, 0.6) is 11.5 Å².